The lowest BCUT2D eigenvalue weighted by atomic mass is 9.80. The van der Waals surface area contributed by atoms with E-state index in [9.17, 15) is 19.8 Å². The summed E-state index contributed by atoms with van der Waals surface area (Å²) in [6, 6.07) is 9.10. The summed E-state index contributed by atoms with van der Waals surface area (Å²) in [5.74, 6) is 1.30. The highest BCUT2D eigenvalue weighted by Crippen LogP contribution is 2.42. The van der Waals surface area contributed by atoms with Crippen LogP contribution in [-0.4, -0.2) is 125 Å². The number of likely N-dealkylation sites (tertiary alicyclic amines) is 2. The van der Waals surface area contributed by atoms with Crippen molar-refractivity contribution in [2.45, 2.75) is 101 Å². The van der Waals surface area contributed by atoms with E-state index in [1.807, 2.05) is 50.5 Å². The number of hydrogen-bond donors (Lipinski definition) is 6. The third-order valence-corrected chi connectivity index (χ3v) is 15.2. The van der Waals surface area contributed by atoms with Gasteiger partial charge in [0.25, 0.3) is 0 Å². The van der Waals surface area contributed by atoms with Gasteiger partial charge in [-0.3, -0.25) is 39.3 Å². The Bertz CT molecular complexity index is 2360. The molecule has 10 rings (SSSR count). The van der Waals surface area contributed by atoms with Crippen molar-refractivity contribution in [3.63, 3.8) is 0 Å². The summed E-state index contributed by atoms with van der Waals surface area (Å²) in [4.78, 5) is 57.5. The van der Waals surface area contributed by atoms with Crippen molar-refractivity contribution in [3.05, 3.63) is 93.3 Å². The molecule has 6 aromatic rings. The topological polar surface area (TPSA) is 207 Å². The van der Waals surface area contributed by atoms with E-state index >= 15 is 0 Å². The molecule has 0 aromatic carbocycles. The molecule has 4 fully saturated rings. The van der Waals surface area contributed by atoms with Crippen LogP contribution in [0.25, 0.3) is 21.8 Å². The number of amides is 2. The molecule has 336 valence electrons. The summed E-state index contributed by atoms with van der Waals surface area (Å²) in [7, 11) is 0. The number of aromatic nitrogens is 6. The van der Waals surface area contributed by atoms with Gasteiger partial charge in [0.1, 0.15) is 22.8 Å². The van der Waals surface area contributed by atoms with E-state index in [0.29, 0.717) is 23.7 Å². The second kappa shape index (κ2) is 19.1. The number of carbonyl (C=O) groups excluding carboxylic acids is 2. The van der Waals surface area contributed by atoms with Crippen LogP contribution in [0.3, 0.4) is 0 Å². The molecule has 2 saturated carbocycles. The number of aliphatic hydroxyl groups is 2. The average molecular weight is 905 g/mol. The van der Waals surface area contributed by atoms with Crippen LogP contribution in [0.15, 0.2) is 72.5 Å². The molecule has 2 aliphatic heterocycles. The maximum atomic E-state index is 12.4. The molecule has 4 aliphatic rings. The Morgan fingerprint density at radius 2 is 1.05 bits per heavy atom. The third kappa shape index (κ3) is 10.0. The molecule has 0 atom stereocenters. The molecule has 18 heteroatoms. The van der Waals surface area contributed by atoms with Gasteiger partial charge < -0.3 is 31.5 Å². The number of hydrogen-bond acceptors (Lipinski definition) is 16. The quantitative estimate of drug-likeness (QED) is 0.0970. The summed E-state index contributed by atoms with van der Waals surface area (Å²) >= 11 is 3.07. The van der Waals surface area contributed by atoms with Gasteiger partial charge in [0.05, 0.1) is 57.0 Å². The number of nitrogens with zero attached hydrogens (tertiary/aromatic N) is 8. The van der Waals surface area contributed by atoms with Crippen molar-refractivity contribution in [1.29, 1.82) is 0 Å². The predicted molar refractivity (Wildman–Crippen MR) is 249 cm³/mol. The monoisotopic (exact) mass is 904 g/mol. The smallest absolute Gasteiger partial charge is 0.239 e. The lowest BCUT2D eigenvalue weighted by Crippen LogP contribution is -2.63. The van der Waals surface area contributed by atoms with Gasteiger partial charge in [-0.05, 0) is 101 Å². The van der Waals surface area contributed by atoms with E-state index in [4.69, 9.17) is 0 Å². The van der Waals surface area contributed by atoms with Crippen molar-refractivity contribution in [2.24, 2.45) is 0 Å². The maximum absolute atomic E-state index is 12.4. The van der Waals surface area contributed by atoms with E-state index in [-0.39, 0.29) is 37.0 Å². The Kier molecular flexibility index (Phi) is 13.1. The molecule has 6 aromatic heterocycles. The predicted octanol–water partition coefficient (Wildman–Crippen LogP) is 4.87. The van der Waals surface area contributed by atoms with Crippen molar-refractivity contribution in [1.82, 2.24) is 50.3 Å². The van der Waals surface area contributed by atoms with Crippen LogP contribution < -0.4 is 21.3 Å². The molecule has 6 N–H and O–H groups in total. The third-order valence-electron chi connectivity index (χ3n) is 13.3. The lowest BCUT2D eigenvalue weighted by molar-refractivity contribution is -0.122. The first-order valence-electron chi connectivity index (χ1n) is 22.2. The Balaban J connectivity index is 0.000000162. The fraction of sp³-hybridized carbons (Fsp3) is 0.478. The standard InChI is InChI=1S/2C23H28N6O2S/c2*1-15-8-18-19(26-9-15)4-7-25-22(18)27-11-21(30)28-16-12-29(13-16)17-2-5-23(31,6-3-17)20-10-24-14-32-20/h2*4,7-10,14,16-17,31H,2-3,5-6,11-13H2,1H3,(H,25,27)(H,28,30). The molecule has 8 heterocycles. The Hall–Kier alpha value is -5.24. The largest absolute Gasteiger partial charge is 0.384 e. The van der Waals surface area contributed by atoms with E-state index in [0.717, 1.165) is 120 Å². The SMILES string of the molecule is Cc1cnc2ccnc(NCC(=O)NC3CN(C4CCC(O)(c5cncs5)CC4)C3)c2c1.Cc1cnc2ccnc(NCC(=O)NC3CN(C4CCC(O)(c5cncs5)CC4)C3)c2c1. The highest BCUT2D eigenvalue weighted by molar-refractivity contribution is 7.10. The van der Waals surface area contributed by atoms with Crippen molar-refractivity contribution >= 4 is 67.9 Å². The zero-order valence-corrected chi connectivity index (χ0v) is 37.9. The van der Waals surface area contributed by atoms with Gasteiger partial charge in [-0.15, -0.1) is 22.7 Å². The van der Waals surface area contributed by atoms with Gasteiger partial charge in [-0.2, -0.15) is 0 Å². The van der Waals surface area contributed by atoms with Gasteiger partial charge >= 0.3 is 0 Å². The number of aryl methyl sites for hydroxylation is 2. The first kappa shape index (κ1) is 44.0. The molecule has 0 radical (unpaired) electrons. The van der Waals surface area contributed by atoms with Crippen molar-refractivity contribution in [3.8, 4) is 0 Å². The van der Waals surface area contributed by atoms with Crippen LogP contribution in [0.2, 0.25) is 0 Å². The van der Waals surface area contributed by atoms with Crippen molar-refractivity contribution in [2.75, 3.05) is 49.9 Å². The van der Waals surface area contributed by atoms with Crippen LogP contribution in [0.1, 0.15) is 72.2 Å². The number of rotatable bonds is 12. The van der Waals surface area contributed by atoms with Crippen molar-refractivity contribution < 1.29 is 19.8 Å². The zero-order valence-electron chi connectivity index (χ0n) is 36.2. The molecule has 0 unspecified atom stereocenters. The summed E-state index contributed by atoms with van der Waals surface area (Å²) in [6.45, 7) is 7.81. The molecule has 64 heavy (non-hydrogen) atoms. The van der Waals surface area contributed by atoms with Gasteiger partial charge in [0.15, 0.2) is 0 Å². The summed E-state index contributed by atoms with van der Waals surface area (Å²) in [5.41, 5.74) is 5.96. The molecule has 2 saturated heterocycles. The summed E-state index contributed by atoms with van der Waals surface area (Å²) in [5, 5.41) is 36.2. The minimum atomic E-state index is -0.717. The summed E-state index contributed by atoms with van der Waals surface area (Å²) < 4.78 is 0. The molecule has 16 nitrogen and oxygen atoms in total. The fourth-order valence-electron chi connectivity index (χ4n) is 9.55. The number of thiazole rings is 2. The highest BCUT2D eigenvalue weighted by atomic mass is 32.1. The van der Waals surface area contributed by atoms with Crippen LogP contribution >= 0.6 is 22.7 Å². The molecular weight excluding hydrogens is 849 g/mol. The van der Waals surface area contributed by atoms with Crippen LogP contribution in [0.4, 0.5) is 11.6 Å². The molecule has 0 bridgehead atoms. The number of carbonyl (C=O) groups is 2. The van der Waals surface area contributed by atoms with E-state index in [2.05, 4.69) is 61.0 Å². The first-order valence-corrected chi connectivity index (χ1v) is 24.0. The molecule has 0 spiro atoms. The first-order chi connectivity index (χ1) is 31.0. The normalized spacial score (nSPS) is 24.2. The zero-order chi connectivity index (χ0) is 44.3. The van der Waals surface area contributed by atoms with Gasteiger partial charge in [0.2, 0.25) is 11.8 Å². The van der Waals surface area contributed by atoms with Crippen LogP contribution in [-0.2, 0) is 20.8 Å². The Morgan fingerprint density at radius 1 is 0.641 bits per heavy atom. The fourth-order valence-corrected chi connectivity index (χ4v) is 11.1. The minimum Gasteiger partial charge on any atom is -0.384 e. The van der Waals surface area contributed by atoms with Gasteiger partial charge in [-0.1, -0.05) is 0 Å². The number of fused-ring (bicyclic) bond motifs is 2. The van der Waals surface area contributed by atoms with E-state index < -0.39 is 11.2 Å². The second-order valence-corrected chi connectivity index (χ2v) is 19.7. The van der Waals surface area contributed by atoms with Crippen LogP contribution in [0, 0.1) is 13.8 Å². The number of nitrogens with one attached hydrogen (secondary N) is 4. The lowest BCUT2D eigenvalue weighted by Gasteiger charge is -2.48. The second-order valence-electron chi connectivity index (χ2n) is 17.9. The van der Waals surface area contributed by atoms with Gasteiger partial charge in [0, 0.05) is 86.2 Å². The maximum Gasteiger partial charge on any atom is 0.239 e. The number of anilines is 2. The molecule has 2 aliphatic carbocycles. The highest BCUT2D eigenvalue weighted by Gasteiger charge is 2.42. The van der Waals surface area contributed by atoms with Gasteiger partial charge in [-0.25, -0.2) is 9.97 Å². The average Bonchev–Trinajstić information content (AvgIpc) is 4.03. The molecular formula is C46H56N12O4S2. The van der Waals surface area contributed by atoms with Crippen LogP contribution in [0.5, 0.6) is 0 Å². The molecule has 2 amide bonds. The Morgan fingerprint density at radius 3 is 1.42 bits per heavy atom. The van der Waals surface area contributed by atoms with E-state index in [1.54, 1.807) is 35.8 Å². The number of pyridine rings is 4. The van der Waals surface area contributed by atoms with E-state index in [1.165, 1.54) is 22.7 Å². The Labute approximate surface area is 380 Å². The summed E-state index contributed by atoms with van der Waals surface area (Å²) in [6.07, 6.45) is 17.6. The minimum absolute atomic E-state index is 0.0303.